The molecule has 2 nitrogen and oxygen atoms in total. The molecule has 2 heteroatoms. The van der Waals surface area contributed by atoms with Crippen molar-refractivity contribution in [2.24, 2.45) is 17.3 Å². The van der Waals surface area contributed by atoms with Crippen LogP contribution in [0.2, 0.25) is 0 Å². The van der Waals surface area contributed by atoms with Crippen molar-refractivity contribution in [1.82, 2.24) is 0 Å². The fraction of sp³-hybridized carbons (Fsp3) is 0.867. The van der Waals surface area contributed by atoms with Crippen LogP contribution in [0.3, 0.4) is 0 Å². The van der Waals surface area contributed by atoms with E-state index >= 15 is 0 Å². The maximum absolute atomic E-state index is 11.1. The van der Waals surface area contributed by atoms with Crippen LogP contribution in [0.25, 0.3) is 0 Å². The van der Waals surface area contributed by atoms with E-state index in [9.17, 15) is 10.2 Å². The van der Waals surface area contributed by atoms with E-state index in [-0.39, 0.29) is 17.4 Å². The number of aliphatic hydroxyl groups excluding tert-OH is 1. The van der Waals surface area contributed by atoms with Gasteiger partial charge in [-0.2, -0.15) is 0 Å². The van der Waals surface area contributed by atoms with Gasteiger partial charge in [0.2, 0.25) is 0 Å². The standard InChI is InChI=1S/C15H26O2/c1-10(2)12-5-7-14(4)8-6-13(16)11(3)15(14,17)9-12/h11-13,16-17H,1,5-9H2,2-4H3/t11-,12+,13-,14+,15+/m0/s1. The summed E-state index contributed by atoms with van der Waals surface area (Å²) < 4.78 is 0. The summed E-state index contributed by atoms with van der Waals surface area (Å²) in [5, 5.41) is 21.1. The van der Waals surface area contributed by atoms with Gasteiger partial charge in [-0.25, -0.2) is 0 Å². The first kappa shape index (κ1) is 13.1. The van der Waals surface area contributed by atoms with E-state index in [2.05, 4.69) is 20.4 Å². The van der Waals surface area contributed by atoms with Crippen LogP contribution in [0.15, 0.2) is 12.2 Å². The summed E-state index contributed by atoms with van der Waals surface area (Å²) in [5.74, 6) is 0.393. The predicted molar refractivity (Wildman–Crippen MR) is 69.6 cm³/mol. The van der Waals surface area contributed by atoms with Gasteiger partial charge in [0.25, 0.3) is 0 Å². The number of fused-ring (bicyclic) bond motifs is 1. The second-order valence-electron chi connectivity index (χ2n) is 6.67. The zero-order valence-electron chi connectivity index (χ0n) is 11.4. The van der Waals surface area contributed by atoms with Crippen LogP contribution < -0.4 is 0 Å². The SMILES string of the molecule is C=C(C)[C@@H]1CC[C@]2(C)CC[C@H](O)[C@H](C)[C@]2(O)C1. The molecule has 2 aliphatic carbocycles. The summed E-state index contributed by atoms with van der Waals surface area (Å²) in [7, 11) is 0. The molecule has 0 aromatic rings. The van der Waals surface area contributed by atoms with Crippen LogP contribution >= 0.6 is 0 Å². The Labute approximate surface area is 105 Å². The first-order valence-electron chi connectivity index (χ1n) is 6.86. The molecule has 0 aliphatic heterocycles. The van der Waals surface area contributed by atoms with Crippen molar-refractivity contribution in [2.75, 3.05) is 0 Å². The van der Waals surface area contributed by atoms with E-state index in [1.165, 1.54) is 5.57 Å². The Morgan fingerprint density at radius 2 is 1.88 bits per heavy atom. The van der Waals surface area contributed by atoms with Gasteiger partial charge in [0.05, 0.1) is 11.7 Å². The average molecular weight is 238 g/mol. The molecule has 2 saturated carbocycles. The Kier molecular flexibility index (Phi) is 3.16. The van der Waals surface area contributed by atoms with Crippen molar-refractivity contribution in [2.45, 2.75) is 64.6 Å². The average Bonchev–Trinajstić information content (AvgIpc) is 2.27. The third-order valence-electron chi connectivity index (χ3n) is 5.67. The fourth-order valence-electron chi connectivity index (χ4n) is 3.97. The molecule has 0 heterocycles. The predicted octanol–water partition coefficient (Wildman–Crippen LogP) is 2.89. The lowest BCUT2D eigenvalue weighted by molar-refractivity contribution is -0.203. The topological polar surface area (TPSA) is 40.5 Å². The van der Waals surface area contributed by atoms with Crippen LogP contribution in [0, 0.1) is 17.3 Å². The van der Waals surface area contributed by atoms with Crippen molar-refractivity contribution in [3.8, 4) is 0 Å². The maximum atomic E-state index is 11.1. The molecule has 0 spiro atoms. The van der Waals surface area contributed by atoms with Crippen molar-refractivity contribution in [3.63, 3.8) is 0 Å². The minimum Gasteiger partial charge on any atom is -0.393 e. The summed E-state index contributed by atoms with van der Waals surface area (Å²) in [5.41, 5.74) is 0.442. The highest BCUT2D eigenvalue weighted by Gasteiger charge is 2.57. The fourth-order valence-corrected chi connectivity index (χ4v) is 3.97. The van der Waals surface area contributed by atoms with Crippen molar-refractivity contribution in [1.29, 1.82) is 0 Å². The van der Waals surface area contributed by atoms with Gasteiger partial charge in [-0.05, 0) is 50.4 Å². The minimum absolute atomic E-state index is 0.0163. The lowest BCUT2D eigenvalue weighted by atomic mass is 9.51. The zero-order chi connectivity index (χ0) is 12.8. The molecule has 5 atom stereocenters. The third-order valence-corrected chi connectivity index (χ3v) is 5.67. The molecular formula is C15H26O2. The lowest BCUT2D eigenvalue weighted by Gasteiger charge is -2.58. The Bertz CT molecular complexity index is 325. The molecule has 0 amide bonds. The maximum Gasteiger partial charge on any atom is 0.0756 e. The van der Waals surface area contributed by atoms with Gasteiger partial charge in [-0.1, -0.05) is 26.0 Å². The number of hydrogen-bond donors (Lipinski definition) is 2. The Morgan fingerprint density at radius 1 is 1.29 bits per heavy atom. The lowest BCUT2D eigenvalue weighted by Crippen LogP contribution is -2.61. The molecule has 0 bridgehead atoms. The molecule has 2 fully saturated rings. The molecule has 0 aromatic heterocycles. The minimum atomic E-state index is -0.716. The molecule has 98 valence electrons. The highest BCUT2D eigenvalue weighted by Crippen LogP contribution is 2.57. The van der Waals surface area contributed by atoms with Gasteiger partial charge in [0.15, 0.2) is 0 Å². The summed E-state index contributed by atoms with van der Waals surface area (Å²) in [6, 6.07) is 0. The highest BCUT2D eigenvalue weighted by atomic mass is 16.3. The van der Waals surface area contributed by atoms with Crippen LogP contribution in [0.5, 0.6) is 0 Å². The number of aliphatic hydroxyl groups is 2. The second-order valence-corrected chi connectivity index (χ2v) is 6.67. The van der Waals surface area contributed by atoms with Gasteiger partial charge >= 0.3 is 0 Å². The summed E-state index contributed by atoms with van der Waals surface area (Å²) >= 11 is 0. The molecule has 0 saturated heterocycles. The van der Waals surface area contributed by atoms with E-state index < -0.39 is 5.60 Å². The zero-order valence-corrected chi connectivity index (χ0v) is 11.4. The van der Waals surface area contributed by atoms with E-state index in [0.29, 0.717) is 5.92 Å². The first-order chi connectivity index (χ1) is 7.80. The van der Waals surface area contributed by atoms with Gasteiger partial charge in [-0.15, -0.1) is 0 Å². The van der Waals surface area contributed by atoms with Gasteiger partial charge in [0.1, 0.15) is 0 Å². The van der Waals surface area contributed by atoms with Crippen LogP contribution in [0.1, 0.15) is 52.9 Å². The Balaban J connectivity index is 2.29. The molecule has 17 heavy (non-hydrogen) atoms. The Hall–Kier alpha value is -0.340. The van der Waals surface area contributed by atoms with Crippen LogP contribution in [-0.4, -0.2) is 21.9 Å². The molecule has 0 aromatic carbocycles. The van der Waals surface area contributed by atoms with E-state index in [1.807, 2.05) is 6.92 Å². The molecular weight excluding hydrogens is 212 g/mol. The highest BCUT2D eigenvalue weighted by molar-refractivity contribution is 5.12. The molecule has 2 N–H and O–H groups in total. The van der Waals surface area contributed by atoms with E-state index in [4.69, 9.17) is 0 Å². The monoisotopic (exact) mass is 238 g/mol. The number of rotatable bonds is 1. The summed E-state index contributed by atoms with van der Waals surface area (Å²) in [4.78, 5) is 0. The third kappa shape index (κ3) is 1.86. The summed E-state index contributed by atoms with van der Waals surface area (Å²) in [6.45, 7) is 10.3. The van der Waals surface area contributed by atoms with Crippen LogP contribution in [0.4, 0.5) is 0 Å². The largest absolute Gasteiger partial charge is 0.393 e. The first-order valence-corrected chi connectivity index (χ1v) is 6.86. The molecule has 2 aliphatic rings. The molecule has 0 radical (unpaired) electrons. The number of hydrogen-bond acceptors (Lipinski definition) is 2. The van der Waals surface area contributed by atoms with Crippen molar-refractivity contribution < 1.29 is 10.2 Å². The van der Waals surface area contributed by atoms with Crippen molar-refractivity contribution in [3.05, 3.63) is 12.2 Å². The second kappa shape index (κ2) is 4.10. The van der Waals surface area contributed by atoms with Gasteiger partial charge in [-0.3, -0.25) is 0 Å². The normalized spacial score (nSPS) is 50.8. The Morgan fingerprint density at radius 3 is 2.47 bits per heavy atom. The van der Waals surface area contributed by atoms with E-state index in [1.54, 1.807) is 0 Å². The van der Waals surface area contributed by atoms with Gasteiger partial charge < -0.3 is 10.2 Å². The van der Waals surface area contributed by atoms with E-state index in [0.717, 1.165) is 32.1 Å². The molecule has 2 rings (SSSR count). The smallest absolute Gasteiger partial charge is 0.0756 e. The van der Waals surface area contributed by atoms with Crippen molar-refractivity contribution >= 4 is 0 Å². The summed E-state index contributed by atoms with van der Waals surface area (Å²) in [6.07, 6.45) is 4.39. The number of allylic oxidation sites excluding steroid dienone is 1. The quantitative estimate of drug-likeness (QED) is 0.690. The molecule has 0 unspecified atom stereocenters. The van der Waals surface area contributed by atoms with Gasteiger partial charge in [0, 0.05) is 5.92 Å². The van der Waals surface area contributed by atoms with Crippen LogP contribution in [-0.2, 0) is 0 Å².